The van der Waals surface area contributed by atoms with E-state index in [1.165, 1.54) is 18.2 Å². The van der Waals surface area contributed by atoms with E-state index in [0.29, 0.717) is 23.8 Å². The molecule has 110 valence electrons. The van der Waals surface area contributed by atoms with Crippen LogP contribution in [0.1, 0.15) is 30.6 Å². The minimum Gasteiger partial charge on any atom is -0.452 e. The van der Waals surface area contributed by atoms with E-state index in [1.807, 2.05) is 0 Å². The van der Waals surface area contributed by atoms with Crippen molar-refractivity contribution in [3.63, 3.8) is 0 Å². The van der Waals surface area contributed by atoms with Gasteiger partial charge < -0.3 is 21.5 Å². The Labute approximate surface area is 118 Å². The second-order valence-electron chi connectivity index (χ2n) is 5.00. The summed E-state index contributed by atoms with van der Waals surface area (Å²) in [7, 11) is 0. The normalized spacial score (nSPS) is 10.3. The number of carbonyl (C=O) groups is 2. The van der Waals surface area contributed by atoms with E-state index in [1.54, 1.807) is 0 Å². The lowest BCUT2D eigenvalue weighted by Gasteiger charge is -2.08. The molecule has 0 unspecified atom stereocenters. The van der Waals surface area contributed by atoms with E-state index in [0.717, 1.165) is 6.42 Å². The number of anilines is 2. The molecule has 1 aromatic rings. The van der Waals surface area contributed by atoms with E-state index in [-0.39, 0.29) is 18.1 Å². The van der Waals surface area contributed by atoms with Crippen LogP contribution in [0.5, 0.6) is 0 Å². The third kappa shape index (κ3) is 5.60. The Kier molecular flexibility index (Phi) is 5.83. The van der Waals surface area contributed by atoms with Gasteiger partial charge in [-0.3, -0.25) is 4.79 Å². The van der Waals surface area contributed by atoms with Crippen LogP contribution in [0.2, 0.25) is 0 Å². The van der Waals surface area contributed by atoms with Crippen LogP contribution >= 0.6 is 0 Å². The number of rotatable bonds is 6. The van der Waals surface area contributed by atoms with E-state index >= 15 is 0 Å². The number of carbonyl (C=O) groups excluding carboxylic acids is 2. The van der Waals surface area contributed by atoms with Crippen LogP contribution in [0, 0.1) is 5.92 Å². The van der Waals surface area contributed by atoms with Crippen LogP contribution in [0.3, 0.4) is 0 Å². The topological polar surface area (TPSA) is 107 Å². The van der Waals surface area contributed by atoms with Gasteiger partial charge in [0.05, 0.1) is 5.56 Å². The minimum atomic E-state index is -0.622. The lowest BCUT2D eigenvalue weighted by molar-refractivity contribution is -0.124. The average molecular weight is 279 g/mol. The maximum Gasteiger partial charge on any atom is 0.338 e. The first-order valence-corrected chi connectivity index (χ1v) is 6.48. The predicted octanol–water partition coefficient (Wildman–Crippen LogP) is 1.17. The lowest BCUT2D eigenvalue weighted by Crippen LogP contribution is -2.30. The molecule has 0 radical (unpaired) electrons. The Balaban J connectivity index is 2.41. The van der Waals surface area contributed by atoms with E-state index in [2.05, 4.69) is 19.2 Å². The van der Waals surface area contributed by atoms with Crippen molar-refractivity contribution in [2.75, 3.05) is 24.6 Å². The van der Waals surface area contributed by atoms with Gasteiger partial charge in [0, 0.05) is 17.9 Å². The summed E-state index contributed by atoms with van der Waals surface area (Å²) in [6.45, 7) is 4.39. The molecule has 5 N–H and O–H groups in total. The van der Waals surface area contributed by atoms with Crippen molar-refractivity contribution in [1.29, 1.82) is 0 Å². The number of amides is 1. The van der Waals surface area contributed by atoms with Crippen molar-refractivity contribution in [1.82, 2.24) is 5.32 Å². The van der Waals surface area contributed by atoms with Gasteiger partial charge in [0.1, 0.15) is 0 Å². The highest BCUT2D eigenvalue weighted by Crippen LogP contribution is 2.14. The number of nitrogens with two attached hydrogens (primary N) is 2. The zero-order valence-electron chi connectivity index (χ0n) is 11.8. The monoisotopic (exact) mass is 279 g/mol. The second kappa shape index (κ2) is 7.37. The fourth-order valence-corrected chi connectivity index (χ4v) is 1.56. The number of nitrogen functional groups attached to an aromatic ring is 2. The van der Waals surface area contributed by atoms with Gasteiger partial charge in [-0.05, 0) is 30.5 Å². The molecule has 0 aromatic heterocycles. The van der Waals surface area contributed by atoms with Crippen molar-refractivity contribution >= 4 is 23.3 Å². The average Bonchev–Trinajstić information content (AvgIpc) is 2.34. The van der Waals surface area contributed by atoms with Gasteiger partial charge in [0.15, 0.2) is 6.61 Å². The maximum atomic E-state index is 11.7. The second-order valence-corrected chi connectivity index (χ2v) is 5.00. The summed E-state index contributed by atoms with van der Waals surface area (Å²) in [6, 6.07) is 4.44. The first-order valence-electron chi connectivity index (χ1n) is 6.48. The highest BCUT2D eigenvalue weighted by Gasteiger charge is 2.11. The first-order chi connectivity index (χ1) is 9.38. The quantitative estimate of drug-likeness (QED) is 0.535. The molecule has 20 heavy (non-hydrogen) atoms. The van der Waals surface area contributed by atoms with Crippen LogP contribution in [-0.2, 0) is 9.53 Å². The van der Waals surface area contributed by atoms with Crippen molar-refractivity contribution in [2.45, 2.75) is 20.3 Å². The molecule has 0 aliphatic carbocycles. The standard InChI is InChI=1S/C14H21N3O3/c1-9(2)3-4-17-13(18)8-20-14(19)10-5-11(15)7-12(16)6-10/h5-7,9H,3-4,8,15-16H2,1-2H3,(H,17,18). The fraction of sp³-hybridized carbons (Fsp3) is 0.429. The molecular formula is C14H21N3O3. The zero-order valence-corrected chi connectivity index (χ0v) is 11.8. The molecule has 0 spiro atoms. The van der Waals surface area contributed by atoms with Crippen LogP contribution in [-0.4, -0.2) is 25.0 Å². The summed E-state index contributed by atoms with van der Waals surface area (Å²) in [4.78, 5) is 23.2. The molecule has 1 rings (SSSR count). The number of benzene rings is 1. The Morgan fingerprint density at radius 2 is 1.80 bits per heavy atom. The van der Waals surface area contributed by atoms with Crippen LogP contribution < -0.4 is 16.8 Å². The molecular weight excluding hydrogens is 258 g/mol. The molecule has 1 aromatic carbocycles. The van der Waals surface area contributed by atoms with Gasteiger partial charge in [-0.15, -0.1) is 0 Å². The summed E-state index contributed by atoms with van der Waals surface area (Å²) in [6.07, 6.45) is 0.880. The minimum absolute atomic E-state index is 0.234. The van der Waals surface area contributed by atoms with Crippen molar-refractivity contribution in [3.8, 4) is 0 Å². The number of ether oxygens (including phenoxy) is 1. The Morgan fingerprint density at radius 1 is 1.20 bits per heavy atom. The number of nitrogens with one attached hydrogen (secondary N) is 1. The van der Waals surface area contributed by atoms with Gasteiger partial charge in [0.2, 0.25) is 0 Å². The summed E-state index contributed by atoms with van der Waals surface area (Å²) >= 11 is 0. The number of hydrogen-bond donors (Lipinski definition) is 3. The Hall–Kier alpha value is -2.24. The van der Waals surface area contributed by atoms with Crippen molar-refractivity contribution in [2.24, 2.45) is 5.92 Å². The van der Waals surface area contributed by atoms with Crippen LogP contribution in [0.15, 0.2) is 18.2 Å². The molecule has 0 saturated heterocycles. The number of hydrogen-bond acceptors (Lipinski definition) is 5. The summed E-state index contributed by atoms with van der Waals surface area (Å²) < 4.78 is 4.90. The van der Waals surface area contributed by atoms with E-state index in [4.69, 9.17) is 16.2 Å². The van der Waals surface area contributed by atoms with Gasteiger partial charge in [-0.1, -0.05) is 13.8 Å². The summed E-state index contributed by atoms with van der Waals surface area (Å²) in [5.41, 5.74) is 12.1. The van der Waals surface area contributed by atoms with Crippen LogP contribution in [0.25, 0.3) is 0 Å². The van der Waals surface area contributed by atoms with Crippen molar-refractivity contribution in [3.05, 3.63) is 23.8 Å². The van der Waals surface area contributed by atoms with Gasteiger partial charge in [-0.25, -0.2) is 4.79 Å². The SMILES string of the molecule is CC(C)CCNC(=O)COC(=O)c1cc(N)cc(N)c1. The summed E-state index contributed by atoms with van der Waals surface area (Å²) in [5, 5.41) is 2.68. The highest BCUT2D eigenvalue weighted by atomic mass is 16.5. The highest BCUT2D eigenvalue weighted by molar-refractivity contribution is 5.93. The van der Waals surface area contributed by atoms with E-state index in [9.17, 15) is 9.59 Å². The molecule has 0 bridgehead atoms. The molecule has 1 amide bonds. The van der Waals surface area contributed by atoms with Gasteiger partial charge >= 0.3 is 5.97 Å². The molecule has 0 aliphatic rings. The maximum absolute atomic E-state index is 11.7. The lowest BCUT2D eigenvalue weighted by atomic mass is 10.1. The molecule has 6 nitrogen and oxygen atoms in total. The van der Waals surface area contributed by atoms with Crippen molar-refractivity contribution < 1.29 is 14.3 Å². The molecule has 6 heteroatoms. The molecule has 0 saturated carbocycles. The number of esters is 1. The molecule has 0 atom stereocenters. The van der Waals surface area contributed by atoms with E-state index < -0.39 is 5.97 Å². The fourth-order valence-electron chi connectivity index (χ4n) is 1.56. The van der Waals surface area contributed by atoms with Crippen LogP contribution in [0.4, 0.5) is 11.4 Å². The summed E-state index contributed by atoms with van der Waals surface area (Å²) in [5.74, 6) is -0.438. The zero-order chi connectivity index (χ0) is 15.1. The Bertz CT molecular complexity index is 466. The first kappa shape index (κ1) is 15.8. The largest absolute Gasteiger partial charge is 0.452 e. The Morgan fingerprint density at radius 3 is 2.35 bits per heavy atom. The molecule has 0 aliphatic heterocycles. The third-order valence-corrected chi connectivity index (χ3v) is 2.59. The smallest absolute Gasteiger partial charge is 0.338 e. The predicted molar refractivity (Wildman–Crippen MR) is 78.0 cm³/mol. The molecule has 0 heterocycles. The van der Waals surface area contributed by atoms with Gasteiger partial charge in [0.25, 0.3) is 5.91 Å². The van der Waals surface area contributed by atoms with Gasteiger partial charge in [-0.2, -0.15) is 0 Å². The molecule has 0 fully saturated rings. The third-order valence-electron chi connectivity index (χ3n) is 2.59.